The number of anilines is 1. The fraction of sp³-hybridized carbons (Fsp3) is 0.267. The van der Waals surface area contributed by atoms with Crippen molar-refractivity contribution >= 4 is 5.82 Å². The molecule has 1 aromatic carbocycles. The summed E-state index contributed by atoms with van der Waals surface area (Å²) < 4.78 is 0. The molecular weight excluding hydrogens is 222 g/mol. The molecule has 0 radical (unpaired) electrons. The Hall–Kier alpha value is -1.87. The molecule has 3 heteroatoms. The van der Waals surface area contributed by atoms with E-state index in [0.717, 1.165) is 12.0 Å². The average Bonchev–Trinajstić information content (AvgIpc) is 2.38. The smallest absolute Gasteiger partial charge is 0.126 e. The zero-order chi connectivity index (χ0) is 13.0. The van der Waals surface area contributed by atoms with Crippen LogP contribution in [0.5, 0.6) is 0 Å². The van der Waals surface area contributed by atoms with Crippen molar-refractivity contribution in [2.24, 2.45) is 0 Å². The van der Waals surface area contributed by atoms with Crippen molar-refractivity contribution in [1.29, 1.82) is 0 Å². The Balaban J connectivity index is 2.23. The Labute approximate surface area is 108 Å². The fourth-order valence-corrected chi connectivity index (χ4v) is 2.12. The quantitative estimate of drug-likeness (QED) is 0.864. The predicted molar refractivity (Wildman–Crippen MR) is 75.3 cm³/mol. The first-order chi connectivity index (χ1) is 8.70. The van der Waals surface area contributed by atoms with Gasteiger partial charge in [0.15, 0.2) is 0 Å². The second-order valence-corrected chi connectivity index (χ2v) is 4.51. The molecule has 1 atom stereocenters. The predicted octanol–water partition coefficient (Wildman–Crippen LogP) is 2.48. The molecule has 0 aliphatic carbocycles. The summed E-state index contributed by atoms with van der Waals surface area (Å²) in [7, 11) is 1.97. The van der Waals surface area contributed by atoms with Gasteiger partial charge in [0, 0.05) is 12.2 Å². The molecule has 1 unspecified atom stereocenters. The summed E-state index contributed by atoms with van der Waals surface area (Å²) in [5, 5.41) is 3.34. The highest BCUT2D eigenvalue weighted by atomic mass is 14.9. The Morgan fingerprint density at radius 2 is 2.11 bits per heavy atom. The van der Waals surface area contributed by atoms with Gasteiger partial charge in [0.2, 0.25) is 0 Å². The highest BCUT2D eigenvalue weighted by Crippen LogP contribution is 2.21. The minimum Gasteiger partial charge on any atom is -0.383 e. The van der Waals surface area contributed by atoms with Gasteiger partial charge in [-0.25, -0.2) is 4.98 Å². The van der Waals surface area contributed by atoms with E-state index in [4.69, 9.17) is 5.73 Å². The molecule has 0 aliphatic heterocycles. The molecule has 1 aromatic heterocycles. The van der Waals surface area contributed by atoms with Crippen LogP contribution in [0.3, 0.4) is 0 Å². The lowest BCUT2D eigenvalue weighted by Gasteiger charge is -2.18. The number of hydrogen-bond donors (Lipinski definition) is 2. The normalized spacial score (nSPS) is 12.3. The highest BCUT2D eigenvalue weighted by Gasteiger charge is 2.12. The maximum Gasteiger partial charge on any atom is 0.126 e. The third-order valence-electron chi connectivity index (χ3n) is 3.14. The average molecular weight is 241 g/mol. The monoisotopic (exact) mass is 241 g/mol. The van der Waals surface area contributed by atoms with Gasteiger partial charge in [-0.3, -0.25) is 0 Å². The summed E-state index contributed by atoms with van der Waals surface area (Å²) in [4.78, 5) is 4.13. The van der Waals surface area contributed by atoms with Crippen LogP contribution < -0.4 is 11.1 Å². The van der Waals surface area contributed by atoms with Gasteiger partial charge in [0.05, 0.1) is 0 Å². The van der Waals surface area contributed by atoms with E-state index in [1.54, 1.807) is 6.20 Å². The molecule has 0 saturated heterocycles. The lowest BCUT2D eigenvalue weighted by molar-refractivity contribution is 0.591. The van der Waals surface area contributed by atoms with E-state index in [-0.39, 0.29) is 6.04 Å². The van der Waals surface area contributed by atoms with E-state index in [1.165, 1.54) is 11.1 Å². The van der Waals surface area contributed by atoms with Crippen molar-refractivity contribution in [3.63, 3.8) is 0 Å². The van der Waals surface area contributed by atoms with Crippen LogP contribution in [0.2, 0.25) is 0 Å². The highest BCUT2D eigenvalue weighted by molar-refractivity contribution is 5.40. The third-order valence-corrected chi connectivity index (χ3v) is 3.14. The zero-order valence-corrected chi connectivity index (χ0v) is 10.9. The molecule has 18 heavy (non-hydrogen) atoms. The molecule has 1 heterocycles. The zero-order valence-electron chi connectivity index (χ0n) is 10.9. The Morgan fingerprint density at radius 3 is 2.78 bits per heavy atom. The van der Waals surface area contributed by atoms with Crippen LogP contribution in [-0.2, 0) is 6.42 Å². The van der Waals surface area contributed by atoms with Crippen LogP contribution in [0.1, 0.15) is 22.7 Å². The van der Waals surface area contributed by atoms with Crippen LogP contribution >= 0.6 is 0 Å². The van der Waals surface area contributed by atoms with Gasteiger partial charge >= 0.3 is 0 Å². The Morgan fingerprint density at radius 1 is 1.28 bits per heavy atom. The second kappa shape index (κ2) is 5.65. The summed E-state index contributed by atoms with van der Waals surface area (Å²) >= 11 is 0. The Bertz CT molecular complexity index is 523. The maximum atomic E-state index is 5.89. The molecule has 0 amide bonds. The van der Waals surface area contributed by atoms with E-state index < -0.39 is 0 Å². The standard InChI is InChI=1S/C15H19N3/c1-11-5-3-6-12(9-11)14(17-2)10-13-7-4-8-18-15(13)16/h3-9,14,17H,10H2,1-2H3,(H2,16,18). The lowest BCUT2D eigenvalue weighted by atomic mass is 9.98. The number of hydrogen-bond acceptors (Lipinski definition) is 3. The fourth-order valence-electron chi connectivity index (χ4n) is 2.12. The molecule has 0 bridgehead atoms. The number of nitrogens with zero attached hydrogens (tertiary/aromatic N) is 1. The van der Waals surface area contributed by atoms with Crippen LogP contribution in [-0.4, -0.2) is 12.0 Å². The first-order valence-electron chi connectivity index (χ1n) is 6.14. The van der Waals surface area contributed by atoms with E-state index in [1.807, 2.05) is 19.2 Å². The molecule has 0 saturated carbocycles. The molecule has 2 rings (SSSR count). The molecule has 0 spiro atoms. The molecule has 3 N–H and O–H groups in total. The van der Waals surface area contributed by atoms with E-state index in [9.17, 15) is 0 Å². The number of rotatable bonds is 4. The van der Waals surface area contributed by atoms with Gasteiger partial charge < -0.3 is 11.1 Å². The number of nitrogens with one attached hydrogen (secondary N) is 1. The number of likely N-dealkylation sites (N-methyl/N-ethyl adjacent to an activating group) is 1. The minimum absolute atomic E-state index is 0.261. The van der Waals surface area contributed by atoms with Crippen molar-refractivity contribution in [2.75, 3.05) is 12.8 Å². The minimum atomic E-state index is 0.261. The molecule has 94 valence electrons. The first kappa shape index (κ1) is 12.6. The van der Waals surface area contributed by atoms with Crippen LogP contribution in [0, 0.1) is 6.92 Å². The van der Waals surface area contributed by atoms with Crippen molar-refractivity contribution in [2.45, 2.75) is 19.4 Å². The van der Waals surface area contributed by atoms with Gasteiger partial charge in [-0.05, 0) is 37.6 Å². The van der Waals surface area contributed by atoms with Gasteiger partial charge in [0.25, 0.3) is 0 Å². The van der Waals surface area contributed by atoms with Gasteiger partial charge in [-0.15, -0.1) is 0 Å². The van der Waals surface area contributed by atoms with Crippen LogP contribution in [0.25, 0.3) is 0 Å². The largest absolute Gasteiger partial charge is 0.383 e. The van der Waals surface area contributed by atoms with E-state index in [0.29, 0.717) is 5.82 Å². The second-order valence-electron chi connectivity index (χ2n) is 4.51. The molecule has 0 fully saturated rings. The first-order valence-corrected chi connectivity index (χ1v) is 6.14. The molecule has 3 nitrogen and oxygen atoms in total. The number of benzene rings is 1. The molecule has 0 aliphatic rings. The number of aromatic nitrogens is 1. The third kappa shape index (κ3) is 2.87. The number of nitrogens with two attached hydrogens (primary N) is 1. The number of aryl methyl sites for hydroxylation is 1. The number of nitrogen functional groups attached to an aromatic ring is 1. The molecular formula is C15H19N3. The van der Waals surface area contributed by atoms with E-state index >= 15 is 0 Å². The summed E-state index contributed by atoms with van der Waals surface area (Å²) in [6.45, 7) is 2.11. The van der Waals surface area contributed by atoms with Crippen molar-refractivity contribution in [1.82, 2.24) is 10.3 Å². The van der Waals surface area contributed by atoms with Gasteiger partial charge in [-0.1, -0.05) is 35.9 Å². The van der Waals surface area contributed by atoms with Crippen molar-refractivity contribution in [3.05, 3.63) is 59.3 Å². The summed E-state index contributed by atoms with van der Waals surface area (Å²) in [6.07, 6.45) is 2.57. The number of pyridine rings is 1. The SMILES string of the molecule is CNC(Cc1cccnc1N)c1cccc(C)c1. The van der Waals surface area contributed by atoms with Crippen molar-refractivity contribution < 1.29 is 0 Å². The summed E-state index contributed by atoms with van der Waals surface area (Å²) in [6, 6.07) is 12.7. The van der Waals surface area contributed by atoms with Crippen molar-refractivity contribution in [3.8, 4) is 0 Å². The Kier molecular flexibility index (Phi) is 3.95. The summed E-state index contributed by atoms with van der Waals surface area (Å²) in [5.74, 6) is 0.616. The van der Waals surface area contributed by atoms with Crippen LogP contribution in [0.4, 0.5) is 5.82 Å². The van der Waals surface area contributed by atoms with E-state index in [2.05, 4.69) is 41.5 Å². The van der Waals surface area contributed by atoms with Gasteiger partial charge in [0.1, 0.15) is 5.82 Å². The molecule has 2 aromatic rings. The topological polar surface area (TPSA) is 50.9 Å². The maximum absolute atomic E-state index is 5.89. The lowest BCUT2D eigenvalue weighted by Crippen LogP contribution is -2.19. The van der Waals surface area contributed by atoms with Crippen LogP contribution in [0.15, 0.2) is 42.6 Å². The summed E-state index contributed by atoms with van der Waals surface area (Å²) in [5.41, 5.74) is 9.52. The van der Waals surface area contributed by atoms with Gasteiger partial charge in [-0.2, -0.15) is 0 Å².